The van der Waals surface area contributed by atoms with Crippen LogP contribution >= 0.6 is 0 Å². The molecule has 0 unspecified atom stereocenters. The number of hydrogen-bond donors (Lipinski definition) is 2. The van der Waals surface area contributed by atoms with Crippen LogP contribution in [0.1, 0.15) is 25.1 Å². The average molecular weight is 352 g/mol. The van der Waals surface area contributed by atoms with E-state index in [2.05, 4.69) is 10.3 Å². The lowest BCUT2D eigenvalue weighted by molar-refractivity contribution is -0.120. The van der Waals surface area contributed by atoms with Crippen molar-refractivity contribution < 1.29 is 14.3 Å². The van der Waals surface area contributed by atoms with Crippen LogP contribution in [0, 0.1) is 6.92 Å². The average Bonchev–Trinajstić information content (AvgIpc) is 2.97. The first kappa shape index (κ1) is 17.9. The minimum atomic E-state index is -0.711. The van der Waals surface area contributed by atoms with Gasteiger partial charge in [-0.2, -0.15) is 0 Å². The van der Waals surface area contributed by atoms with Crippen molar-refractivity contribution in [2.45, 2.75) is 26.2 Å². The maximum absolute atomic E-state index is 13.1. The number of fused-ring (bicyclic) bond motifs is 1. The zero-order valence-electron chi connectivity index (χ0n) is 15.8. The Hall–Kier alpha value is -2.95. The van der Waals surface area contributed by atoms with Crippen molar-refractivity contribution in [3.05, 3.63) is 53.7 Å². The maximum Gasteiger partial charge on any atom is 0.234 e. The molecule has 0 aliphatic heterocycles. The summed E-state index contributed by atoms with van der Waals surface area (Å²) in [5, 5.41) is 4.07. The predicted molar refractivity (Wildman–Crippen MR) is 104 cm³/mol. The van der Waals surface area contributed by atoms with Gasteiger partial charge in [-0.1, -0.05) is 18.2 Å². The molecule has 1 amide bonds. The number of methoxy groups -OCH3 is 2. The van der Waals surface area contributed by atoms with Crippen LogP contribution < -0.4 is 14.8 Å². The highest BCUT2D eigenvalue weighted by molar-refractivity contribution is 6.02. The molecular weight excluding hydrogens is 328 g/mol. The van der Waals surface area contributed by atoms with E-state index in [4.69, 9.17) is 9.47 Å². The number of nitrogens with one attached hydrogen (secondary N) is 2. The standard InChI is InChI=1S/C21H24N2O3/c1-13-19(15-8-6-7-9-16(15)22-13)21(2,3)20(24)23-14-10-11-17(25-4)18(12-14)26-5/h6-12,22H,1-5H3,(H,23,24). The molecule has 0 radical (unpaired) electrons. The zero-order chi connectivity index (χ0) is 18.9. The number of rotatable bonds is 5. The Bertz CT molecular complexity index is 957. The molecule has 0 saturated carbocycles. The number of amides is 1. The summed E-state index contributed by atoms with van der Waals surface area (Å²) < 4.78 is 10.6. The van der Waals surface area contributed by atoms with Crippen molar-refractivity contribution in [1.82, 2.24) is 4.98 Å². The molecular formula is C21H24N2O3. The van der Waals surface area contributed by atoms with Gasteiger partial charge < -0.3 is 19.8 Å². The summed E-state index contributed by atoms with van der Waals surface area (Å²) in [6.07, 6.45) is 0. The minimum absolute atomic E-state index is 0.0856. The van der Waals surface area contributed by atoms with Gasteiger partial charge in [-0.15, -0.1) is 0 Å². The van der Waals surface area contributed by atoms with Crippen LogP contribution in [0.15, 0.2) is 42.5 Å². The Balaban J connectivity index is 1.94. The second-order valence-corrected chi connectivity index (χ2v) is 6.82. The number of carbonyl (C=O) groups is 1. The van der Waals surface area contributed by atoms with Crippen LogP contribution in [0.25, 0.3) is 10.9 Å². The van der Waals surface area contributed by atoms with Crippen LogP contribution in [0.2, 0.25) is 0 Å². The van der Waals surface area contributed by atoms with E-state index in [0.29, 0.717) is 17.2 Å². The summed E-state index contributed by atoms with van der Waals surface area (Å²) in [6.45, 7) is 5.87. The Morgan fingerprint density at radius 3 is 2.42 bits per heavy atom. The summed E-state index contributed by atoms with van der Waals surface area (Å²) in [6, 6.07) is 13.4. The SMILES string of the molecule is COc1ccc(NC(=O)C(C)(C)c2c(C)[nH]c3ccccc23)cc1OC. The molecule has 1 aromatic heterocycles. The van der Waals surface area contributed by atoms with Crippen molar-refractivity contribution >= 4 is 22.5 Å². The third-order valence-corrected chi connectivity index (χ3v) is 4.73. The van der Waals surface area contributed by atoms with Crippen molar-refractivity contribution in [2.75, 3.05) is 19.5 Å². The highest BCUT2D eigenvalue weighted by atomic mass is 16.5. The molecule has 0 spiro atoms. The van der Waals surface area contributed by atoms with E-state index in [1.807, 2.05) is 45.0 Å². The highest BCUT2D eigenvalue weighted by Crippen LogP contribution is 2.35. The summed E-state index contributed by atoms with van der Waals surface area (Å²) in [5.74, 6) is 1.11. The quantitative estimate of drug-likeness (QED) is 0.715. The number of ether oxygens (including phenoxy) is 2. The largest absolute Gasteiger partial charge is 0.493 e. The molecule has 5 heteroatoms. The van der Waals surface area contributed by atoms with Crippen molar-refractivity contribution in [1.29, 1.82) is 0 Å². The summed E-state index contributed by atoms with van der Waals surface area (Å²) in [4.78, 5) is 16.5. The second-order valence-electron chi connectivity index (χ2n) is 6.82. The number of aromatic nitrogens is 1. The molecule has 5 nitrogen and oxygen atoms in total. The number of para-hydroxylation sites is 1. The molecule has 2 N–H and O–H groups in total. The number of H-pyrrole nitrogens is 1. The molecule has 3 aromatic rings. The van der Waals surface area contributed by atoms with Crippen LogP contribution in [0.3, 0.4) is 0 Å². The Morgan fingerprint density at radius 2 is 1.73 bits per heavy atom. The molecule has 0 aliphatic carbocycles. The van der Waals surface area contributed by atoms with E-state index in [1.165, 1.54) is 0 Å². The number of aromatic amines is 1. The van der Waals surface area contributed by atoms with Gasteiger partial charge in [0.05, 0.1) is 19.6 Å². The van der Waals surface area contributed by atoms with E-state index >= 15 is 0 Å². The lowest BCUT2D eigenvalue weighted by atomic mass is 9.81. The summed E-state index contributed by atoms with van der Waals surface area (Å²) in [5.41, 5.74) is 2.99. The molecule has 2 aromatic carbocycles. The Labute approximate surface area is 153 Å². The molecule has 0 saturated heterocycles. The normalized spacial score (nSPS) is 11.4. The van der Waals surface area contributed by atoms with Gasteiger partial charge in [0.2, 0.25) is 5.91 Å². The predicted octanol–water partition coefficient (Wildman–Crippen LogP) is 4.41. The minimum Gasteiger partial charge on any atom is -0.493 e. The second kappa shape index (κ2) is 6.75. The van der Waals surface area contributed by atoms with Gasteiger partial charge >= 0.3 is 0 Å². The fourth-order valence-electron chi connectivity index (χ4n) is 3.40. The molecule has 136 valence electrons. The van der Waals surface area contributed by atoms with Gasteiger partial charge in [0.25, 0.3) is 0 Å². The third kappa shape index (κ3) is 3.01. The topological polar surface area (TPSA) is 63.3 Å². The molecule has 3 rings (SSSR count). The lowest BCUT2D eigenvalue weighted by Crippen LogP contribution is -2.35. The number of carbonyl (C=O) groups excluding carboxylic acids is 1. The third-order valence-electron chi connectivity index (χ3n) is 4.73. The smallest absolute Gasteiger partial charge is 0.234 e. The molecule has 0 aliphatic rings. The van der Waals surface area contributed by atoms with Crippen molar-refractivity contribution in [2.24, 2.45) is 0 Å². The van der Waals surface area contributed by atoms with E-state index < -0.39 is 5.41 Å². The fourth-order valence-corrected chi connectivity index (χ4v) is 3.40. The van der Waals surface area contributed by atoms with Crippen LogP contribution in [0.4, 0.5) is 5.69 Å². The van der Waals surface area contributed by atoms with Crippen molar-refractivity contribution in [3.8, 4) is 11.5 Å². The first-order chi connectivity index (χ1) is 12.4. The van der Waals surface area contributed by atoms with E-state index in [0.717, 1.165) is 22.2 Å². The monoisotopic (exact) mass is 352 g/mol. The van der Waals surface area contributed by atoms with Crippen LogP contribution in [-0.2, 0) is 10.2 Å². The molecule has 0 fully saturated rings. The first-order valence-electron chi connectivity index (χ1n) is 8.49. The lowest BCUT2D eigenvalue weighted by Gasteiger charge is -2.25. The molecule has 1 heterocycles. The Kier molecular flexibility index (Phi) is 4.64. The maximum atomic E-state index is 13.1. The van der Waals surface area contributed by atoms with Gasteiger partial charge in [0, 0.05) is 28.4 Å². The van der Waals surface area contributed by atoms with Crippen molar-refractivity contribution in [3.63, 3.8) is 0 Å². The summed E-state index contributed by atoms with van der Waals surface area (Å²) >= 11 is 0. The van der Waals surface area contributed by atoms with E-state index in [9.17, 15) is 4.79 Å². The number of hydrogen-bond acceptors (Lipinski definition) is 3. The molecule has 26 heavy (non-hydrogen) atoms. The number of benzene rings is 2. The Morgan fingerprint density at radius 1 is 1.04 bits per heavy atom. The summed E-state index contributed by atoms with van der Waals surface area (Å²) in [7, 11) is 3.15. The number of aryl methyl sites for hydroxylation is 1. The van der Waals surface area contributed by atoms with Crippen LogP contribution in [0.5, 0.6) is 11.5 Å². The van der Waals surface area contributed by atoms with Crippen LogP contribution in [-0.4, -0.2) is 25.1 Å². The van der Waals surface area contributed by atoms with Gasteiger partial charge in [0.15, 0.2) is 11.5 Å². The van der Waals surface area contributed by atoms with E-state index in [1.54, 1.807) is 32.4 Å². The highest BCUT2D eigenvalue weighted by Gasteiger charge is 2.34. The fraction of sp³-hybridized carbons (Fsp3) is 0.286. The van der Waals surface area contributed by atoms with E-state index in [-0.39, 0.29) is 5.91 Å². The van der Waals surface area contributed by atoms with Gasteiger partial charge in [-0.25, -0.2) is 0 Å². The number of anilines is 1. The first-order valence-corrected chi connectivity index (χ1v) is 8.49. The zero-order valence-corrected chi connectivity index (χ0v) is 15.8. The molecule has 0 atom stereocenters. The van der Waals surface area contributed by atoms with Gasteiger partial charge in [-0.3, -0.25) is 4.79 Å². The van der Waals surface area contributed by atoms with Gasteiger partial charge in [0.1, 0.15) is 0 Å². The molecule has 0 bridgehead atoms. The van der Waals surface area contributed by atoms with Gasteiger partial charge in [-0.05, 0) is 44.5 Å².